The molecule has 2 rings (SSSR count). The number of hydrogen-bond donors (Lipinski definition) is 2. The summed E-state index contributed by atoms with van der Waals surface area (Å²) in [7, 11) is 1.41. The SMILES string of the molecule is CCNC(=NCc1ccc(OC)c(OC(F)F)c1)NC1CC1.I. The van der Waals surface area contributed by atoms with Crippen molar-refractivity contribution in [2.75, 3.05) is 13.7 Å². The molecule has 5 nitrogen and oxygen atoms in total. The number of benzene rings is 1. The molecule has 130 valence electrons. The monoisotopic (exact) mass is 441 g/mol. The molecule has 0 bridgehead atoms. The number of halogens is 3. The van der Waals surface area contributed by atoms with Crippen molar-refractivity contribution in [2.24, 2.45) is 4.99 Å². The van der Waals surface area contributed by atoms with Gasteiger partial charge in [0.1, 0.15) is 0 Å². The van der Waals surface area contributed by atoms with E-state index in [1.807, 2.05) is 6.92 Å². The topological polar surface area (TPSA) is 54.9 Å². The Bertz CT molecular complexity index is 525. The first kappa shape index (κ1) is 19.7. The summed E-state index contributed by atoms with van der Waals surface area (Å²) in [5, 5.41) is 6.45. The van der Waals surface area contributed by atoms with Crippen molar-refractivity contribution in [1.82, 2.24) is 10.6 Å². The van der Waals surface area contributed by atoms with Gasteiger partial charge in [0, 0.05) is 12.6 Å². The van der Waals surface area contributed by atoms with Gasteiger partial charge in [-0.05, 0) is 37.5 Å². The molecule has 0 radical (unpaired) electrons. The fourth-order valence-corrected chi connectivity index (χ4v) is 1.92. The first-order valence-electron chi connectivity index (χ1n) is 7.29. The highest BCUT2D eigenvalue weighted by molar-refractivity contribution is 14.0. The minimum atomic E-state index is -2.89. The van der Waals surface area contributed by atoms with E-state index in [4.69, 9.17) is 4.74 Å². The van der Waals surface area contributed by atoms with Gasteiger partial charge in [-0.2, -0.15) is 8.78 Å². The van der Waals surface area contributed by atoms with E-state index in [2.05, 4.69) is 20.4 Å². The number of guanidine groups is 1. The number of alkyl halides is 2. The molecular weight excluding hydrogens is 419 g/mol. The van der Waals surface area contributed by atoms with E-state index in [1.165, 1.54) is 13.2 Å². The molecule has 2 N–H and O–H groups in total. The van der Waals surface area contributed by atoms with Crippen molar-refractivity contribution in [3.8, 4) is 11.5 Å². The Balaban J connectivity index is 0.00000264. The van der Waals surface area contributed by atoms with Gasteiger partial charge in [0.15, 0.2) is 17.5 Å². The Morgan fingerprint density at radius 2 is 2.09 bits per heavy atom. The van der Waals surface area contributed by atoms with Crippen molar-refractivity contribution in [3.63, 3.8) is 0 Å². The molecule has 0 spiro atoms. The third-order valence-electron chi connectivity index (χ3n) is 3.13. The normalized spacial score (nSPS) is 14.2. The van der Waals surface area contributed by atoms with Crippen LogP contribution in [-0.4, -0.2) is 32.3 Å². The molecule has 0 saturated heterocycles. The van der Waals surface area contributed by atoms with Crippen LogP contribution in [-0.2, 0) is 6.54 Å². The summed E-state index contributed by atoms with van der Waals surface area (Å²) in [6.07, 6.45) is 2.30. The number of aliphatic imine (C=N–C) groups is 1. The number of methoxy groups -OCH3 is 1. The molecule has 1 aliphatic rings. The molecule has 8 heteroatoms. The molecule has 1 aromatic rings. The maximum Gasteiger partial charge on any atom is 0.387 e. The molecular formula is C15H22F2IN3O2. The molecule has 0 aromatic heterocycles. The number of rotatable bonds is 7. The van der Waals surface area contributed by atoms with Gasteiger partial charge in [-0.3, -0.25) is 0 Å². The van der Waals surface area contributed by atoms with Crippen LogP contribution in [0.5, 0.6) is 11.5 Å². The lowest BCUT2D eigenvalue weighted by atomic mass is 10.2. The van der Waals surface area contributed by atoms with Gasteiger partial charge in [-0.15, -0.1) is 24.0 Å². The molecule has 1 fully saturated rings. The maximum atomic E-state index is 12.4. The van der Waals surface area contributed by atoms with Crippen LogP contribution < -0.4 is 20.1 Å². The Morgan fingerprint density at radius 3 is 2.65 bits per heavy atom. The van der Waals surface area contributed by atoms with Crippen LogP contribution in [0.25, 0.3) is 0 Å². The Morgan fingerprint density at radius 1 is 1.35 bits per heavy atom. The van der Waals surface area contributed by atoms with Crippen LogP contribution in [0.2, 0.25) is 0 Å². The Kier molecular flexibility index (Phi) is 8.35. The fourth-order valence-electron chi connectivity index (χ4n) is 1.92. The zero-order chi connectivity index (χ0) is 15.9. The summed E-state index contributed by atoms with van der Waals surface area (Å²) in [6, 6.07) is 5.40. The lowest BCUT2D eigenvalue weighted by Gasteiger charge is -2.12. The summed E-state index contributed by atoms with van der Waals surface area (Å²) >= 11 is 0. The predicted octanol–water partition coefficient (Wildman–Crippen LogP) is 3.13. The molecule has 0 unspecified atom stereocenters. The van der Waals surface area contributed by atoms with Crippen LogP contribution in [0.15, 0.2) is 23.2 Å². The van der Waals surface area contributed by atoms with Gasteiger partial charge < -0.3 is 20.1 Å². The van der Waals surface area contributed by atoms with Crippen molar-refractivity contribution >= 4 is 29.9 Å². The Hall–Kier alpha value is -1.32. The molecule has 1 saturated carbocycles. The van der Waals surface area contributed by atoms with Crippen LogP contribution in [0.3, 0.4) is 0 Å². The van der Waals surface area contributed by atoms with Crippen molar-refractivity contribution in [2.45, 2.75) is 39.0 Å². The highest BCUT2D eigenvalue weighted by Gasteiger charge is 2.22. The van der Waals surface area contributed by atoms with Gasteiger partial charge in [0.25, 0.3) is 0 Å². The minimum Gasteiger partial charge on any atom is -0.493 e. The smallest absolute Gasteiger partial charge is 0.387 e. The second kappa shape index (κ2) is 9.74. The second-order valence-electron chi connectivity index (χ2n) is 4.98. The Labute approximate surface area is 151 Å². The van der Waals surface area contributed by atoms with Gasteiger partial charge in [0.05, 0.1) is 13.7 Å². The average Bonchev–Trinajstić information content (AvgIpc) is 3.28. The quantitative estimate of drug-likeness (QED) is 0.388. The maximum absolute atomic E-state index is 12.4. The zero-order valence-corrected chi connectivity index (χ0v) is 15.5. The summed E-state index contributed by atoms with van der Waals surface area (Å²) < 4.78 is 34.3. The van der Waals surface area contributed by atoms with E-state index in [1.54, 1.807) is 12.1 Å². The van der Waals surface area contributed by atoms with E-state index < -0.39 is 6.61 Å². The molecule has 0 amide bonds. The average molecular weight is 441 g/mol. The molecule has 0 heterocycles. The fraction of sp³-hybridized carbons (Fsp3) is 0.533. The van der Waals surface area contributed by atoms with E-state index in [0.717, 1.165) is 30.9 Å². The van der Waals surface area contributed by atoms with E-state index in [-0.39, 0.29) is 35.5 Å². The third kappa shape index (κ3) is 6.76. The first-order chi connectivity index (χ1) is 10.6. The zero-order valence-electron chi connectivity index (χ0n) is 13.1. The molecule has 0 atom stereocenters. The van der Waals surface area contributed by atoms with Gasteiger partial charge in [-0.25, -0.2) is 4.99 Å². The molecule has 1 aromatic carbocycles. The summed E-state index contributed by atoms with van der Waals surface area (Å²) in [4.78, 5) is 4.45. The van der Waals surface area contributed by atoms with Crippen LogP contribution >= 0.6 is 24.0 Å². The van der Waals surface area contributed by atoms with Crippen molar-refractivity contribution in [1.29, 1.82) is 0 Å². The van der Waals surface area contributed by atoms with Crippen molar-refractivity contribution < 1.29 is 18.3 Å². The highest BCUT2D eigenvalue weighted by atomic mass is 127. The third-order valence-corrected chi connectivity index (χ3v) is 3.13. The van der Waals surface area contributed by atoms with Crippen LogP contribution in [0, 0.1) is 0 Å². The lowest BCUT2D eigenvalue weighted by Crippen LogP contribution is -2.38. The molecule has 0 aliphatic heterocycles. The standard InChI is InChI=1S/C15H21F2N3O2.HI/c1-3-18-15(20-11-5-6-11)19-9-10-4-7-12(21-2)13(8-10)22-14(16)17;/h4,7-8,11,14H,3,5-6,9H2,1-2H3,(H2,18,19,20);1H. The summed E-state index contributed by atoms with van der Waals surface area (Å²) in [5.41, 5.74) is 0.768. The molecule has 23 heavy (non-hydrogen) atoms. The van der Waals surface area contributed by atoms with Crippen molar-refractivity contribution in [3.05, 3.63) is 23.8 Å². The second-order valence-corrected chi connectivity index (χ2v) is 4.98. The van der Waals surface area contributed by atoms with Crippen LogP contribution in [0.1, 0.15) is 25.3 Å². The van der Waals surface area contributed by atoms with E-state index in [9.17, 15) is 8.78 Å². The van der Waals surface area contributed by atoms with Crippen LogP contribution in [0.4, 0.5) is 8.78 Å². The number of hydrogen-bond acceptors (Lipinski definition) is 3. The van der Waals surface area contributed by atoms with E-state index >= 15 is 0 Å². The minimum absolute atomic E-state index is 0. The first-order valence-corrected chi connectivity index (χ1v) is 7.29. The van der Waals surface area contributed by atoms with E-state index in [0.29, 0.717) is 12.6 Å². The number of nitrogens with one attached hydrogen (secondary N) is 2. The van der Waals surface area contributed by atoms with Gasteiger partial charge in [-0.1, -0.05) is 6.07 Å². The van der Waals surface area contributed by atoms with Gasteiger partial charge in [0.2, 0.25) is 0 Å². The number of ether oxygens (including phenoxy) is 2. The summed E-state index contributed by atoms with van der Waals surface area (Å²) in [5.74, 6) is 1.03. The summed E-state index contributed by atoms with van der Waals surface area (Å²) in [6.45, 7) is 0.236. The largest absolute Gasteiger partial charge is 0.493 e. The lowest BCUT2D eigenvalue weighted by molar-refractivity contribution is -0.0512. The predicted molar refractivity (Wildman–Crippen MR) is 96.0 cm³/mol. The number of nitrogens with zero attached hydrogens (tertiary/aromatic N) is 1. The van der Waals surface area contributed by atoms with Gasteiger partial charge >= 0.3 is 6.61 Å². The molecule has 1 aliphatic carbocycles. The highest BCUT2D eigenvalue weighted by Crippen LogP contribution is 2.29.